The van der Waals surface area contributed by atoms with Crippen molar-refractivity contribution in [3.05, 3.63) is 40.8 Å². The second-order valence-corrected chi connectivity index (χ2v) is 4.28. The van der Waals surface area contributed by atoms with Crippen LogP contribution in [-0.2, 0) is 0 Å². The van der Waals surface area contributed by atoms with Gasteiger partial charge in [-0.1, -0.05) is 23.7 Å². The standard InChI is InChI=1S/C12H14ClO/c13-11-3-1-2-10(8-11)9-4-6-12(14)7-5-9/h1-3,8,12,14H,4-7H2. The summed E-state index contributed by atoms with van der Waals surface area (Å²) in [5, 5.41) is 10.2. The van der Waals surface area contributed by atoms with Gasteiger partial charge in [-0.05, 0) is 43.4 Å². The van der Waals surface area contributed by atoms with E-state index in [-0.39, 0.29) is 6.10 Å². The number of rotatable bonds is 1. The molecule has 0 heterocycles. The van der Waals surface area contributed by atoms with Crippen molar-refractivity contribution in [2.45, 2.75) is 31.8 Å². The first kappa shape index (κ1) is 10.0. The van der Waals surface area contributed by atoms with Crippen LogP contribution in [0.25, 0.3) is 0 Å². The first-order valence-corrected chi connectivity index (χ1v) is 5.42. The molecule has 14 heavy (non-hydrogen) atoms. The van der Waals surface area contributed by atoms with Crippen molar-refractivity contribution in [2.75, 3.05) is 0 Å². The minimum absolute atomic E-state index is 0.0991. The summed E-state index contributed by atoms with van der Waals surface area (Å²) in [7, 11) is 0. The molecule has 1 aliphatic rings. The normalized spacial score (nSPS) is 19.9. The van der Waals surface area contributed by atoms with Gasteiger partial charge in [0.2, 0.25) is 0 Å². The van der Waals surface area contributed by atoms with Gasteiger partial charge in [-0.25, -0.2) is 0 Å². The molecular weight excluding hydrogens is 196 g/mol. The summed E-state index contributed by atoms with van der Waals surface area (Å²) in [4.78, 5) is 0. The fourth-order valence-corrected chi connectivity index (χ4v) is 2.14. The number of benzene rings is 1. The number of hydrogen-bond donors (Lipinski definition) is 1. The van der Waals surface area contributed by atoms with Gasteiger partial charge in [0.25, 0.3) is 0 Å². The largest absolute Gasteiger partial charge is 0.393 e. The molecule has 2 rings (SSSR count). The maximum atomic E-state index is 9.39. The van der Waals surface area contributed by atoms with Crippen molar-refractivity contribution in [3.8, 4) is 0 Å². The summed E-state index contributed by atoms with van der Waals surface area (Å²) in [5.41, 5.74) is 1.24. The Morgan fingerprint density at radius 1 is 1.21 bits per heavy atom. The molecule has 0 bridgehead atoms. The van der Waals surface area contributed by atoms with E-state index in [0.717, 1.165) is 30.7 Å². The predicted octanol–water partition coefficient (Wildman–Crippen LogP) is 3.20. The van der Waals surface area contributed by atoms with Crippen LogP contribution < -0.4 is 0 Å². The maximum absolute atomic E-state index is 9.39. The van der Waals surface area contributed by atoms with Gasteiger partial charge in [0.05, 0.1) is 6.10 Å². The zero-order chi connectivity index (χ0) is 9.97. The second-order valence-electron chi connectivity index (χ2n) is 3.85. The van der Waals surface area contributed by atoms with Crippen LogP contribution in [0.3, 0.4) is 0 Å². The van der Waals surface area contributed by atoms with Gasteiger partial charge in [-0.2, -0.15) is 0 Å². The fourth-order valence-electron chi connectivity index (χ4n) is 1.95. The minimum Gasteiger partial charge on any atom is -0.393 e. The highest BCUT2D eigenvalue weighted by atomic mass is 35.5. The molecule has 75 valence electrons. The Hall–Kier alpha value is -0.530. The van der Waals surface area contributed by atoms with Gasteiger partial charge < -0.3 is 5.11 Å². The molecule has 0 atom stereocenters. The Morgan fingerprint density at radius 3 is 2.57 bits per heavy atom. The lowest BCUT2D eigenvalue weighted by atomic mass is 9.83. The van der Waals surface area contributed by atoms with E-state index in [1.807, 2.05) is 18.2 Å². The fraction of sp³-hybridized carbons (Fsp3) is 0.417. The molecule has 2 heteroatoms. The Labute approximate surface area is 89.7 Å². The molecule has 1 nitrogen and oxygen atoms in total. The van der Waals surface area contributed by atoms with E-state index in [0.29, 0.717) is 0 Å². The Bertz CT molecular complexity index is 303. The third kappa shape index (κ3) is 2.28. The molecule has 0 unspecified atom stereocenters. The Kier molecular flexibility index (Phi) is 3.09. The maximum Gasteiger partial charge on any atom is 0.0540 e. The quantitative estimate of drug-likeness (QED) is 0.753. The highest BCUT2D eigenvalue weighted by Gasteiger charge is 2.21. The van der Waals surface area contributed by atoms with E-state index >= 15 is 0 Å². The van der Waals surface area contributed by atoms with Crippen LogP contribution in [0.2, 0.25) is 5.02 Å². The molecule has 1 saturated carbocycles. The van der Waals surface area contributed by atoms with Crippen LogP contribution in [0, 0.1) is 5.92 Å². The lowest BCUT2D eigenvalue weighted by Crippen LogP contribution is -2.17. The van der Waals surface area contributed by atoms with Gasteiger partial charge in [-0.15, -0.1) is 0 Å². The smallest absolute Gasteiger partial charge is 0.0540 e. The van der Waals surface area contributed by atoms with E-state index in [9.17, 15) is 5.11 Å². The van der Waals surface area contributed by atoms with Crippen molar-refractivity contribution in [1.29, 1.82) is 0 Å². The lowest BCUT2D eigenvalue weighted by Gasteiger charge is -2.25. The van der Waals surface area contributed by atoms with Crippen LogP contribution >= 0.6 is 11.6 Å². The third-order valence-corrected chi connectivity index (χ3v) is 3.03. The predicted molar refractivity (Wildman–Crippen MR) is 58.3 cm³/mol. The monoisotopic (exact) mass is 209 g/mol. The molecule has 0 spiro atoms. The highest BCUT2D eigenvalue weighted by Crippen LogP contribution is 2.32. The van der Waals surface area contributed by atoms with E-state index < -0.39 is 0 Å². The van der Waals surface area contributed by atoms with Gasteiger partial charge >= 0.3 is 0 Å². The van der Waals surface area contributed by atoms with Crippen molar-refractivity contribution < 1.29 is 5.11 Å². The van der Waals surface area contributed by atoms with Gasteiger partial charge in [-0.3, -0.25) is 0 Å². The number of aliphatic hydroxyl groups is 1. The van der Waals surface area contributed by atoms with E-state index in [4.69, 9.17) is 11.6 Å². The van der Waals surface area contributed by atoms with Crippen LogP contribution in [0.1, 0.15) is 31.2 Å². The SMILES string of the molecule is OC1CC[C](c2cccc(Cl)c2)CC1. The summed E-state index contributed by atoms with van der Waals surface area (Å²) in [5.74, 6) is 1.43. The Morgan fingerprint density at radius 2 is 1.93 bits per heavy atom. The summed E-state index contributed by atoms with van der Waals surface area (Å²) < 4.78 is 0. The van der Waals surface area contributed by atoms with E-state index in [2.05, 4.69) is 6.07 Å². The number of aliphatic hydroxyl groups excluding tert-OH is 1. The molecule has 1 N–H and O–H groups in total. The van der Waals surface area contributed by atoms with Gasteiger partial charge in [0.1, 0.15) is 0 Å². The molecule has 1 radical (unpaired) electrons. The summed E-state index contributed by atoms with van der Waals surface area (Å²) in [6, 6.07) is 7.98. The summed E-state index contributed by atoms with van der Waals surface area (Å²) >= 11 is 5.93. The average Bonchev–Trinajstić information content (AvgIpc) is 2.19. The van der Waals surface area contributed by atoms with Gasteiger partial charge in [0.15, 0.2) is 0 Å². The average molecular weight is 210 g/mol. The Balaban J connectivity index is 2.08. The zero-order valence-electron chi connectivity index (χ0n) is 8.04. The van der Waals surface area contributed by atoms with Crippen LogP contribution in [0.4, 0.5) is 0 Å². The highest BCUT2D eigenvalue weighted by molar-refractivity contribution is 6.30. The minimum atomic E-state index is -0.0991. The third-order valence-electron chi connectivity index (χ3n) is 2.79. The molecule has 0 aromatic heterocycles. The molecule has 1 fully saturated rings. The van der Waals surface area contributed by atoms with E-state index in [1.54, 1.807) is 0 Å². The van der Waals surface area contributed by atoms with Gasteiger partial charge in [0, 0.05) is 10.9 Å². The molecule has 1 aliphatic carbocycles. The van der Waals surface area contributed by atoms with Crippen molar-refractivity contribution in [3.63, 3.8) is 0 Å². The first-order valence-electron chi connectivity index (χ1n) is 5.04. The first-order chi connectivity index (χ1) is 6.75. The lowest BCUT2D eigenvalue weighted by molar-refractivity contribution is 0.138. The van der Waals surface area contributed by atoms with E-state index in [1.165, 1.54) is 11.5 Å². The molecular formula is C12H14ClO. The molecule has 0 saturated heterocycles. The molecule has 0 aliphatic heterocycles. The summed E-state index contributed by atoms with van der Waals surface area (Å²) in [6.07, 6.45) is 3.69. The molecule has 0 amide bonds. The van der Waals surface area contributed by atoms with Crippen molar-refractivity contribution >= 4 is 11.6 Å². The van der Waals surface area contributed by atoms with Crippen molar-refractivity contribution in [1.82, 2.24) is 0 Å². The zero-order valence-corrected chi connectivity index (χ0v) is 8.80. The van der Waals surface area contributed by atoms with Crippen LogP contribution in [0.15, 0.2) is 24.3 Å². The van der Waals surface area contributed by atoms with Crippen LogP contribution in [0.5, 0.6) is 0 Å². The van der Waals surface area contributed by atoms with Crippen molar-refractivity contribution in [2.24, 2.45) is 0 Å². The molecule has 1 aromatic rings. The second kappa shape index (κ2) is 4.33. The van der Waals surface area contributed by atoms with Crippen LogP contribution in [-0.4, -0.2) is 11.2 Å². The summed E-state index contributed by atoms with van der Waals surface area (Å²) in [6.45, 7) is 0. The topological polar surface area (TPSA) is 20.2 Å². The number of halogens is 1. The number of hydrogen-bond acceptors (Lipinski definition) is 1. The molecule has 1 aromatic carbocycles.